The predicted octanol–water partition coefficient (Wildman–Crippen LogP) is 9.24. The number of allylic oxidation sites excluding steroid dienone is 1. The largest absolute Gasteiger partial charge is 0.444 e. The Bertz CT molecular complexity index is 1480. The van der Waals surface area contributed by atoms with Crippen LogP contribution < -0.4 is 10.6 Å². The number of amides is 4. The summed E-state index contributed by atoms with van der Waals surface area (Å²) >= 11 is 0. The summed E-state index contributed by atoms with van der Waals surface area (Å²) in [5.74, 6) is 2.32. The monoisotopic (exact) mass is 831 g/mol. The van der Waals surface area contributed by atoms with Crippen LogP contribution in [0.15, 0.2) is 11.6 Å². The number of fused-ring (bicyclic) bond motifs is 5. The van der Waals surface area contributed by atoms with E-state index in [1.165, 1.54) is 18.4 Å². The SMILES string of the molecule is CC(C(=O)NCCCN(CCCCN(CCCNC(=O)OC(C)(C)C)C(=O)OC(C)(C)C)C(=O)OC(C)(C)C)[C@H]1CCC2C3CC=C4C[C@@H](O)CC[C@]4(C)C3CC[C@@]21C. The molecule has 4 rings (SSSR count). The van der Waals surface area contributed by atoms with E-state index in [0.717, 1.165) is 38.5 Å². The van der Waals surface area contributed by atoms with Gasteiger partial charge >= 0.3 is 18.3 Å². The lowest BCUT2D eigenvalue weighted by Gasteiger charge is -2.58. The first-order valence-corrected chi connectivity index (χ1v) is 22.9. The number of nitrogens with one attached hydrogen (secondary N) is 2. The standard InChI is InChI=1S/C47H82N4O8/c1-32(36-19-20-37-35-18-17-33-31-34(52)21-23-46(33,11)38(35)22-24-47(36,37)12)39(53)48-25-15-29-50(41(55)58-44(5,6)7)27-13-14-28-51(42(56)59-45(8,9)10)30-16-26-49-40(54)57-43(2,3)4/h17,32,34-38,52H,13-16,18-31H2,1-12H3,(H,48,53)(H,49,54)/t32?,34-,35?,36+,37?,38?,46-,47+/m0/s1. The zero-order valence-corrected chi connectivity index (χ0v) is 39.0. The van der Waals surface area contributed by atoms with Gasteiger partial charge in [-0.1, -0.05) is 32.4 Å². The van der Waals surface area contributed by atoms with E-state index in [2.05, 4.69) is 37.5 Å². The summed E-state index contributed by atoms with van der Waals surface area (Å²) in [6, 6.07) is 0. The Balaban J connectivity index is 1.27. The van der Waals surface area contributed by atoms with Crippen molar-refractivity contribution in [1.82, 2.24) is 20.4 Å². The van der Waals surface area contributed by atoms with E-state index in [1.807, 2.05) is 62.3 Å². The van der Waals surface area contributed by atoms with Crippen LogP contribution in [0.4, 0.5) is 14.4 Å². The van der Waals surface area contributed by atoms with Crippen LogP contribution in [0.1, 0.15) is 160 Å². The highest BCUT2D eigenvalue weighted by Crippen LogP contribution is 2.67. The predicted molar refractivity (Wildman–Crippen MR) is 232 cm³/mol. The van der Waals surface area contributed by atoms with Crippen molar-refractivity contribution >= 4 is 24.2 Å². The van der Waals surface area contributed by atoms with E-state index >= 15 is 0 Å². The number of carbonyl (C=O) groups excluding carboxylic acids is 4. The summed E-state index contributed by atoms with van der Waals surface area (Å²) in [6.07, 6.45) is 12.0. The minimum atomic E-state index is -0.654. The molecule has 0 saturated heterocycles. The molecule has 0 aromatic rings. The molecule has 4 amide bonds. The number of ether oxygens (including phenoxy) is 3. The van der Waals surface area contributed by atoms with Crippen LogP contribution in [0.3, 0.4) is 0 Å². The molecule has 3 saturated carbocycles. The van der Waals surface area contributed by atoms with E-state index in [1.54, 1.807) is 9.80 Å². The fourth-order valence-corrected chi connectivity index (χ4v) is 11.0. The lowest BCUT2D eigenvalue weighted by molar-refractivity contribution is -0.129. The van der Waals surface area contributed by atoms with E-state index in [4.69, 9.17) is 14.2 Å². The Hall–Kier alpha value is -3.02. The minimum Gasteiger partial charge on any atom is -0.444 e. The van der Waals surface area contributed by atoms with Crippen LogP contribution in [0.2, 0.25) is 0 Å². The number of alkyl carbamates (subject to hydrolysis) is 1. The van der Waals surface area contributed by atoms with Gasteiger partial charge in [0.05, 0.1) is 6.10 Å². The first kappa shape index (κ1) is 48.6. The fraction of sp³-hybridized carbons (Fsp3) is 0.872. The third kappa shape index (κ3) is 13.5. The lowest BCUT2D eigenvalue weighted by Crippen LogP contribution is -2.51. The average molecular weight is 831 g/mol. The molecule has 8 atom stereocenters. The summed E-state index contributed by atoms with van der Waals surface area (Å²) in [5.41, 5.74) is -0.0426. The third-order valence-corrected chi connectivity index (χ3v) is 13.8. The van der Waals surface area contributed by atoms with Crippen LogP contribution in [0.5, 0.6) is 0 Å². The van der Waals surface area contributed by atoms with Gasteiger partial charge in [0.1, 0.15) is 16.8 Å². The van der Waals surface area contributed by atoms with Crippen molar-refractivity contribution < 1.29 is 38.5 Å². The number of aliphatic hydroxyl groups excluding tert-OH is 1. The molecule has 3 fully saturated rings. The zero-order valence-electron chi connectivity index (χ0n) is 39.0. The number of hydrogen-bond donors (Lipinski definition) is 3. The third-order valence-electron chi connectivity index (χ3n) is 13.8. The highest BCUT2D eigenvalue weighted by molar-refractivity contribution is 5.78. The summed E-state index contributed by atoms with van der Waals surface area (Å²) in [4.78, 5) is 55.6. The maximum Gasteiger partial charge on any atom is 0.410 e. The van der Waals surface area contributed by atoms with Crippen molar-refractivity contribution in [3.8, 4) is 0 Å². The molecule has 12 heteroatoms. The second-order valence-electron chi connectivity index (χ2n) is 21.7. The molecule has 0 aliphatic heterocycles. The molecule has 59 heavy (non-hydrogen) atoms. The Morgan fingerprint density at radius 3 is 1.80 bits per heavy atom. The number of aliphatic hydroxyl groups is 1. The van der Waals surface area contributed by atoms with E-state index in [-0.39, 0.29) is 28.8 Å². The average Bonchev–Trinajstić information content (AvgIpc) is 3.46. The van der Waals surface area contributed by atoms with Crippen molar-refractivity contribution in [3.63, 3.8) is 0 Å². The maximum absolute atomic E-state index is 13.7. The van der Waals surface area contributed by atoms with Crippen LogP contribution in [0.25, 0.3) is 0 Å². The molecule has 0 bridgehead atoms. The minimum absolute atomic E-state index is 0.0837. The number of unbranched alkanes of at least 4 members (excludes halogenated alkanes) is 1. The molecule has 12 nitrogen and oxygen atoms in total. The normalized spacial score (nSPS) is 28.5. The fourth-order valence-electron chi connectivity index (χ4n) is 11.0. The summed E-state index contributed by atoms with van der Waals surface area (Å²) in [7, 11) is 0. The highest BCUT2D eigenvalue weighted by atomic mass is 16.6. The number of carbonyl (C=O) groups is 4. The Morgan fingerprint density at radius 2 is 1.25 bits per heavy atom. The van der Waals surface area contributed by atoms with Crippen molar-refractivity contribution in [3.05, 3.63) is 11.6 Å². The van der Waals surface area contributed by atoms with Crippen LogP contribution in [0, 0.1) is 40.4 Å². The van der Waals surface area contributed by atoms with Gasteiger partial charge in [0.15, 0.2) is 0 Å². The number of nitrogens with zero attached hydrogens (tertiary/aromatic N) is 2. The molecule has 0 spiro atoms. The Kier molecular flexibility index (Phi) is 16.3. The van der Waals surface area contributed by atoms with Crippen molar-refractivity contribution in [2.45, 2.75) is 183 Å². The van der Waals surface area contributed by atoms with Gasteiger partial charge < -0.3 is 39.8 Å². The number of rotatable bonds is 15. The van der Waals surface area contributed by atoms with E-state index in [9.17, 15) is 24.3 Å². The molecule has 0 aromatic carbocycles. The van der Waals surface area contributed by atoms with E-state index < -0.39 is 35.1 Å². The maximum atomic E-state index is 13.7. The molecule has 3 N–H and O–H groups in total. The van der Waals surface area contributed by atoms with Gasteiger partial charge in [0.25, 0.3) is 0 Å². The van der Waals surface area contributed by atoms with Gasteiger partial charge in [0, 0.05) is 45.2 Å². The van der Waals surface area contributed by atoms with Crippen molar-refractivity contribution in [2.75, 3.05) is 39.3 Å². The molecular formula is C47H82N4O8. The van der Waals surface area contributed by atoms with Crippen molar-refractivity contribution in [1.29, 1.82) is 0 Å². The zero-order chi connectivity index (χ0) is 44.0. The van der Waals surface area contributed by atoms with Crippen LogP contribution in [-0.4, -0.2) is 101 Å². The van der Waals surface area contributed by atoms with Gasteiger partial charge in [-0.3, -0.25) is 4.79 Å². The lowest BCUT2D eigenvalue weighted by atomic mass is 9.47. The molecule has 338 valence electrons. The topological polar surface area (TPSA) is 147 Å². The quantitative estimate of drug-likeness (QED) is 0.0842. The molecular weight excluding hydrogens is 749 g/mol. The van der Waals surface area contributed by atoms with E-state index in [0.29, 0.717) is 88.6 Å². The number of hydrogen-bond acceptors (Lipinski definition) is 8. The second-order valence-corrected chi connectivity index (χ2v) is 21.7. The first-order chi connectivity index (χ1) is 27.3. The van der Waals surface area contributed by atoms with Gasteiger partial charge in [-0.25, -0.2) is 14.4 Å². The summed E-state index contributed by atoms with van der Waals surface area (Å²) < 4.78 is 16.8. The molecule has 4 aliphatic rings. The second kappa shape index (κ2) is 19.8. The molecule has 4 aliphatic carbocycles. The molecule has 0 heterocycles. The molecule has 4 unspecified atom stereocenters. The Labute approximate surface area is 356 Å². The molecule has 0 radical (unpaired) electrons. The van der Waals surface area contributed by atoms with Crippen molar-refractivity contribution in [2.24, 2.45) is 40.4 Å². The van der Waals surface area contributed by atoms with Crippen LogP contribution in [-0.2, 0) is 19.0 Å². The summed E-state index contributed by atoms with van der Waals surface area (Å²) in [6.45, 7) is 26.1. The first-order valence-electron chi connectivity index (χ1n) is 22.9. The van der Waals surface area contributed by atoms with Gasteiger partial charge in [-0.15, -0.1) is 0 Å². The van der Waals surface area contributed by atoms with Crippen LogP contribution >= 0.6 is 0 Å². The summed E-state index contributed by atoms with van der Waals surface area (Å²) in [5, 5.41) is 16.4. The Morgan fingerprint density at radius 1 is 0.729 bits per heavy atom. The van der Waals surface area contributed by atoms with Gasteiger partial charge in [-0.05, 0) is 174 Å². The van der Waals surface area contributed by atoms with Gasteiger partial charge in [0.2, 0.25) is 5.91 Å². The smallest absolute Gasteiger partial charge is 0.410 e. The van der Waals surface area contributed by atoms with Gasteiger partial charge in [-0.2, -0.15) is 0 Å². The molecule has 0 aromatic heterocycles. The highest BCUT2D eigenvalue weighted by Gasteiger charge is 2.59.